The minimum atomic E-state index is -0.330. The van der Waals surface area contributed by atoms with Crippen LogP contribution < -0.4 is 5.32 Å². The van der Waals surface area contributed by atoms with Crippen LogP contribution in [0.4, 0.5) is 5.69 Å². The van der Waals surface area contributed by atoms with Crippen molar-refractivity contribution in [1.82, 2.24) is 0 Å². The smallest absolute Gasteiger partial charge is 0.291 e. The van der Waals surface area contributed by atoms with Crippen molar-refractivity contribution >= 4 is 29.2 Å². The van der Waals surface area contributed by atoms with Crippen molar-refractivity contribution in [3.63, 3.8) is 0 Å². The zero-order valence-electron chi connectivity index (χ0n) is 24.8. The normalized spacial score (nSPS) is 19.0. The van der Waals surface area contributed by atoms with Gasteiger partial charge in [0.1, 0.15) is 5.78 Å². The summed E-state index contributed by atoms with van der Waals surface area (Å²) in [5.74, 6) is 1.23. The lowest BCUT2D eigenvalue weighted by molar-refractivity contribution is -0.124. The molecule has 1 aromatic heterocycles. The molecule has 0 saturated heterocycles. The number of ketones is 2. The highest BCUT2D eigenvalue weighted by Crippen LogP contribution is 2.34. The molecule has 5 heteroatoms. The van der Waals surface area contributed by atoms with Crippen LogP contribution in [-0.2, 0) is 11.2 Å². The summed E-state index contributed by atoms with van der Waals surface area (Å²) >= 11 is 0. The number of allylic oxidation sites excluding steroid dienone is 1. The van der Waals surface area contributed by atoms with Crippen LogP contribution in [0.5, 0.6) is 0 Å². The SMILES string of the molecule is Cc1ccccc1CC1CCC(=Cc2ccc(C(=O)CCCCC3CCCCC3=O)cc2NC(=O)c2ccco2)CC1. The summed E-state index contributed by atoms with van der Waals surface area (Å²) in [6.07, 6.45) is 16.0. The van der Waals surface area contributed by atoms with Crippen LogP contribution in [0.2, 0.25) is 0 Å². The Labute approximate surface area is 249 Å². The van der Waals surface area contributed by atoms with Gasteiger partial charge in [-0.25, -0.2) is 0 Å². The number of anilines is 1. The molecule has 0 spiro atoms. The predicted octanol–water partition coefficient (Wildman–Crippen LogP) is 9.16. The van der Waals surface area contributed by atoms with Gasteiger partial charge >= 0.3 is 0 Å². The van der Waals surface area contributed by atoms with E-state index in [1.54, 1.807) is 12.1 Å². The number of Topliss-reactive ketones (excluding diaryl/α,β-unsaturated/α-hetero) is 2. The molecule has 1 heterocycles. The van der Waals surface area contributed by atoms with Crippen LogP contribution >= 0.6 is 0 Å². The van der Waals surface area contributed by atoms with E-state index < -0.39 is 0 Å². The summed E-state index contributed by atoms with van der Waals surface area (Å²) < 4.78 is 5.31. The average Bonchev–Trinajstić information content (AvgIpc) is 3.55. The molecular weight excluding hydrogens is 522 g/mol. The number of carbonyl (C=O) groups is 3. The largest absolute Gasteiger partial charge is 0.459 e. The molecular formula is C37H43NO4. The Bertz CT molecular complexity index is 1410. The molecule has 1 amide bonds. The summed E-state index contributed by atoms with van der Waals surface area (Å²) in [6.45, 7) is 2.19. The van der Waals surface area contributed by atoms with Gasteiger partial charge in [0.25, 0.3) is 5.91 Å². The van der Waals surface area contributed by atoms with Crippen molar-refractivity contribution in [2.24, 2.45) is 11.8 Å². The van der Waals surface area contributed by atoms with Gasteiger partial charge in [-0.2, -0.15) is 0 Å². The van der Waals surface area contributed by atoms with E-state index in [0.29, 0.717) is 35.8 Å². The minimum Gasteiger partial charge on any atom is -0.459 e. The molecule has 2 fully saturated rings. The topological polar surface area (TPSA) is 76.4 Å². The van der Waals surface area contributed by atoms with Crippen molar-refractivity contribution in [2.45, 2.75) is 90.4 Å². The van der Waals surface area contributed by atoms with Gasteiger partial charge in [-0.3, -0.25) is 14.4 Å². The summed E-state index contributed by atoms with van der Waals surface area (Å²) in [6, 6.07) is 17.6. The molecule has 0 radical (unpaired) electrons. The predicted molar refractivity (Wildman–Crippen MR) is 168 cm³/mol. The molecule has 0 aliphatic heterocycles. The van der Waals surface area contributed by atoms with E-state index in [2.05, 4.69) is 42.6 Å². The van der Waals surface area contributed by atoms with Crippen LogP contribution in [0, 0.1) is 18.8 Å². The Morgan fingerprint density at radius 1 is 0.952 bits per heavy atom. The van der Waals surface area contributed by atoms with Crippen LogP contribution in [0.15, 0.2) is 70.9 Å². The molecule has 220 valence electrons. The molecule has 1 N–H and O–H groups in total. The van der Waals surface area contributed by atoms with Gasteiger partial charge in [-0.05, 0) is 106 Å². The number of furan rings is 1. The highest BCUT2D eigenvalue weighted by molar-refractivity contribution is 6.05. The molecule has 5 nitrogen and oxygen atoms in total. The molecule has 2 aliphatic rings. The number of rotatable bonds is 11. The number of aryl methyl sites for hydroxylation is 1. The van der Waals surface area contributed by atoms with Gasteiger partial charge in [0.2, 0.25) is 0 Å². The fraction of sp³-hybridized carbons (Fsp3) is 0.432. The van der Waals surface area contributed by atoms with Crippen LogP contribution in [-0.4, -0.2) is 17.5 Å². The van der Waals surface area contributed by atoms with Gasteiger partial charge in [0, 0.05) is 30.0 Å². The maximum atomic E-state index is 13.1. The summed E-state index contributed by atoms with van der Waals surface area (Å²) in [5.41, 5.74) is 6.33. The molecule has 2 saturated carbocycles. The number of carbonyl (C=O) groups excluding carboxylic acids is 3. The second-order valence-electron chi connectivity index (χ2n) is 12.2. The first kappa shape index (κ1) is 29.8. The van der Waals surface area contributed by atoms with E-state index in [0.717, 1.165) is 76.2 Å². The summed E-state index contributed by atoms with van der Waals surface area (Å²) in [4.78, 5) is 38.1. The summed E-state index contributed by atoms with van der Waals surface area (Å²) in [5, 5.41) is 2.99. The molecule has 1 unspecified atom stereocenters. The first-order valence-corrected chi connectivity index (χ1v) is 15.7. The van der Waals surface area contributed by atoms with Crippen LogP contribution in [0.25, 0.3) is 6.08 Å². The van der Waals surface area contributed by atoms with E-state index in [9.17, 15) is 14.4 Å². The lowest BCUT2D eigenvalue weighted by Gasteiger charge is -2.25. The third kappa shape index (κ3) is 7.96. The van der Waals surface area contributed by atoms with Gasteiger partial charge in [-0.15, -0.1) is 0 Å². The van der Waals surface area contributed by atoms with E-state index >= 15 is 0 Å². The Hall–Kier alpha value is -3.73. The summed E-state index contributed by atoms with van der Waals surface area (Å²) in [7, 11) is 0. The Morgan fingerprint density at radius 3 is 2.55 bits per heavy atom. The lowest BCUT2D eigenvalue weighted by atomic mass is 9.81. The second kappa shape index (κ2) is 14.4. The Kier molecular flexibility index (Phi) is 10.2. The average molecular weight is 566 g/mol. The molecule has 2 aliphatic carbocycles. The van der Waals surface area contributed by atoms with E-state index in [1.807, 2.05) is 18.2 Å². The third-order valence-corrected chi connectivity index (χ3v) is 9.13. The van der Waals surface area contributed by atoms with Crippen molar-refractivity contribution in [3.8, 4) is 0 Å². The fourth-order valence-corrected chi connectivity index (χ4v) is 6.50. The highest BCUT2D eigenvalue weighted by Gasteiger charge is 2.22. The van der Waals surface area contributed by atoms with Gasteiger partial charge in [0.05, 0.1) is 6.26 Å². The monoisotopic (exact) mass is 565 g/mol. The quantitative estimate of drug-likeness (QED) is 0.186. The number of hydrogen-bond acceptors (Lipinski definition) is 4. The van der Waals surface area contributed by atoms with Gasteiger partial charge < -0.3 is 9.73 Å². The van der Waals surface area contributed by atoms with Gasteiger partial charge in [0.15, 0.2) is 11.5 Å². The standard InChI is InChI=1S/C37H43NO4/c1-26-9-2-3-12-30(26)23-27-16-18-28(19-17-27)24-31-20-21-32(25-33(31)38-37(41)36-15-8-22-42-36)35(40)14-7-5-11-29-10-4-6-13-34(29)39/h2-3,8-9,12,15,20-22,24-25,27,29H,4-7,10-11,13-14,16-19,23H2,1H3,(H,38,41). The molecule has 42 heavy (non-hydrogen) atoms. The first-order valence-electron chi connectivity index (χ1n) is 15.7. The van der Waals surface area contributed by atoms with Crippen molar-refractivity contribution in [1.29, 1.82) is 0 Å². The Morgan fingerprint density at radius 2 is 1.79 bits per heavy atom. The number of nitrogens with one attached hydrogen (secondary N) is 1. The molecule has 5 rings (SSSR count). The number of benzene rings is 2. The van der Waals surface area contributed by atoms with E-state index in [-0.39, 0.29) is 23.4 Å². The number of unbranched alkanes of at least 4 members (excludes halogenated alkanes) is 1. The molecule has 2 aromatic carbocycles. The van der Waals surface area contributed by atoms with Crippen molar-refractivity contribution < 1.29 is 18.8 Å². The lowest BCUT2D eigenvalue weighted by Crippen LogP contribution is -2.18. The van der Waals surface area contributed by atoms with Crippen molar-refractivity contribution in [2.75, 3.05) is 5.32 Å². The second-order valence-corrected chi connectivity index (χ2v) is 12.2. The maximum absolute atomic E-state index is 13.1. The minimum absolute atomic E-state index is 0.0642. The number of hydrogen-bond donors (Lipinski definition) is 1. The molecule has 0 bridgehead atoms. The number of amides is 1. The first-order chi connectivity index (χ1) is 20.5. The zero-order valence-corrected chi connectivity index (χ0v) is 24.8. The maximum Gasteiger partial charge on any atom is 0.291 e. The third-order valence-electron chi connectivity index (χ3n) is 9.13. The van der Waals surface area contributed by atoms with Crippen LogP contribution in [0.3, 0.4) is 0 Å². The Balaban J connectivity index is 1.23. The van der Waals surface area contributed by atoms with E-state index in [4.69, 9.17) is 4.42 Å². The fourth-order valence-electron chi connectivity index (χ4n) is 6.50. The zero-order chi connectivity index (χ0) is 29.3. The van der Waals surface area contributed by atoms with Crippen molar-refractivity contribution in [3.05, 3.63) is 94.4 Å². The molecule has 1 atom stereocenters. The van der Waals surface area contributed by atoms with Gasteiger partial charge in [-0.1, -0.05) is 60.9 Å². The molecule has 3 aromatic rings. The van der Waals surface area contributed by atoms with Crippen LogP contribution in [0.1, 0.15) is 115 Å². The van der Waals surface area contributed by atoms with E-state index in [1.165, 1.54) is 23.0 Å². The highest BCUT2D eigenvalue weighted by atomic mass is 16.3.